The maximum atomic E-state index is 12.8. The molecule has 6 nitrogen and oxygen atoms in total. The van der Waals surface area contributed by atoms with Gasteiger partial charge in [0.15, 0.2) is 0 Å². The molecule has 1 aliphatic rings. The van der Waals surface area contributed by atoms with Crippen LogP contribution in [0.1, 0.15) is 24.2 Å². The monoisotopic (exact) mass is 408 g/mol. The first-order chi connectivity index (χ1) is 12.8. The van der Waals surface area contributed by atoms with Crippen LogP contribution in [0.4, 0.5) is 5.69 Å². The van der Waals surface area contributed by atoms with Gasteiger partial charge in [-0.05, 0) is 56.3 Å². The summed E-state index contributed by atoms with van der Waals surface area (Å²) in [6.07, 6.45) is -0.322. The number of hydrogen-bond donors (Lipinski definition) is 1. The molecule has 1 aliphatic heterocycles. The number of nitrogens with one attached hydrogen (secondary N) is 1. The highest BCUT2D eigenvalue weighted by Crippen LogP contribution is 2.22. The van der Waals surface area contributed by atoms with Crippen LogP contribution in [0.5, 0.6) is 0 Å². The molecule has 144 valence electrons. The van der Waals surface area contributed by atoms with E-state index < -0.39 is 10.0 Å². The number of morpholine rings is 1. The molecular formula is C19H21ClN2O4S. The van der Waals surface area contributed by atoms with Crippen molar-refractivity contribution in [2.75, 3.05) is 18.4 Å². The lowest BCUT2D eigenvalue weighted by Crippen LogP contribution is -2.48. The van der Waals surface area contributed by atoms with Gasteiger partial charge in [0, 0.05) is 29.4 Å². The first-order valence-electron chi connectivity index (χ1n) is 8.58. The van der Waals surface area contributed by atoms with Crippen LogP contribution in [0.25, 0.3) is 0 Å². The first-order valence-corrected chi connectivity index (χ1v) is 10.4. The number of halogens is 1. The zero-order chi connectivity index (χ0) is 19.6. The SMILES string of the molecule is C[C@@H]1CN(S(=O)(=O)c2ccc(C(=O)Nc3cccc(Cl)c3)cc2)C[C@@H](C)O1. The number of ether oxygens (including phenoxy) is 1. The van der Waals surface area contributed by atoms with Crippen LogP contribution in [-0.2, 0) is 14.8 Å². The molecule has 0 radical (unpaired) electrons. The Hall–Kier alpha value is -1.93. The number of anilines is 1. The van der Waals surface area contributed by atoms with E-state index in [1.165, 1.54) is 28.6 Å². The minimum absolute atomic E-state index is 0.156. The Morgan fingerprint density at radius 3 is 2.33 bits per heavy atom. The maximum Gasteiger partial charge on any atom is 0.255 e. The van der Waals surface area contributed by atoms with Gasteiger partial charge in [-0.2, -0.15) is 4.31 Å². The molecule has 0 unspecified atom stereocenters. The zero-order valence-corrected chi connectivity index (χ0v) is 16.6. The number of sulfonamides is 1. The molecule has 8 heteroatoms. The average Bonchev–Trinajstić information content (AvgIpc) is 2.61. The van der Waals surface area contributed by atoms with Gasteiger partial charge in [-0.15, -0.1) is 0 Å². The number of carbonyl (C=O) groups is 1. The van der Waals surface area contributed by atoms with Gasteiger partial charge >= 0.3 is 0 Å². The van der Waals surface area contributed by atoms with Gasteiger partial charge < -0.3 is 10.1 Å². The highest BCUT2D eigenvalue weighted by atomic mass is 35.5. The molecule has 0 saturated carbocycles. The third-order valence-electron chi connectivity index (χ3n) is 4.22. The van der Waals surface area contributed by atoms with E-state index in [4.69, 9.17) is 16.3 Å². The third-order valence-corrected chi connectivity index (χ3v) is 6.30. The van der Waals surface area contributed by atoms with E-state index in [1.54, 1.807) is 24.3 Å². The second-order valence-electron chi connectivity index (χ2n) is 6.57. The van der Waals surface area contributed by atoms with Crippen LogP contribution in [0.15, 0.2) is 53.4 Å². The molecule has 2 aromatic rings. The van der Waals surface area contributed by atoms with Gasteiger partial charge in [-0.25, -0.2) is 8.42 Å². The summed E-state index contributed by atoms with van der Waals surface area (Å²) in [5.41, 5.74) is 0.929. The van der Waals surface area contributed by atoms with Crippen molar-refractivity contribution in [1.82, 2.24) is 4.31 Å². The molecule has 1 amide bonds. The summed E-state index contributed by atoms with van der Waals surface area (Å²) in [5, 5.41) is 3.25. The number of hydrogen-bond acceptors (Lipinski definition) is 4. The van der Waals surface area contributed by atoms with Crippen molar-refractivity contribution >= 4 is 33.2 Å². The van der Waals surface area contributed by atoms with Crippen LogP contribution >= 0.6 is 11.6 Å². The zero-order valence-electron chi connectivity index (χ0n) is 15.1. The lowest BCUT2D eigenvalue weighted by atomic mass is 10.2. The van der Waals surface area contributed by atoms with Crippen molar-refractivity contribution in [3.05, 3.63) is 59.1 Å². The van der Waals surface area contributed by atoms with Crippen LogP contribution in [0.2, 0.25) is 5.02 Å². The van der Waals surface area contributed by atoms with E-state index in [0.717, 1.165) is 0 Å². The van der Waals surface area contributed by atoms with Crippen molar-refractivity contribution < 1.29 is 17.9 Å². The van der Waals surface area contributed by atoms with Gasteiger partial charge in [-0.3, -0.25) is 4.79 Å². The van der Waals surface area contributed by atoms with Crippen LogP contribution < -0.4 is 5.32 Å². The molecule has 0 spiro atoms. The van der Waals surface area contributed by atoms with Crippen molar-refractivity contribution in [1.29, 1.82) is 0 Å². The molecular weight excluding hydrogens is 388 g/mol. The van der Waals surface area contributed by atoms with Crippen LogP contribution in [-0.4, -0.2) is 43.9 Å². The molecule has 1 heterocycles. The van der Waals surface area contributed by atoms with Crippen molar-refractivity contribution in [2.24, 2.45) is 0 Å². The summed E-state index contributed by atoms with van der Waals surface area (Å²) in [6.45, 7) is 4.32. The topological polar surface area (TPSA) is 75.7 Å². The van der Waals surface area contributed by atoms with E-state index in [2.05, 4.69) is 5.32 Å². The fourth-order valence-electron chi connectivity index (χ4n) is 3.02. The van der Waals surface area contributed by atoms with E-state index >= 15 is 0 Å². The molecule has 2 atom stereocenters. The van der Waals surface area contributed by atoms with Gasteiger partial charge in [0.1, 0.15) is 0 Å². The van der Waals surface area contributed by atoms with Gasteiger partial charge in [0.25, 0.3) is 5.91 Å². The highest BCUT2D eigenvalue weighted by molar-refractivity contribution is 7.89. The number of benzene rings is 2. The third kappa shape index (κ3) is 4.68. The molecule has 1 fully saturated rings. The fraction of sp³-hybridized carbons (Fsp3) is 0.316. The molecule has 0 aromatic heterocycles. The number of rotatable bonds is 4. The van der Waals surface area contributed by atoms with Gasteiger partial charge in [-0.1, -0.05) is 17.7 Å². The van der Waals surface area contributed by atoms with Gasteiger partial charge in [0.2, 0.25) is 10.0 Å². The molecule has 1 N–H and O–H groups in total. The van der Waals surface area contributed by atoms with Crippen molar-refractivity contribution in [3.63, 3.8) is 0 Å². The fourth-order valence-corrected chi connectivity index (χ4v) is 4.80. The summed E-state index contributed by atoms with van der Waals surface area (Å²) < 4.78 is 32.7. The van der Waals surface area contributed by atoms with E-state index in [-0.39, 0.29) is 23.0 Å². The summed E-state index contributed by atoms with van der Waals surface area (Å²) in [7, 11) is -3.63. The lowest BCUT2D eigenvalue weighted by Gasteiger charge is -2.34. The van der Waals surface area contributed by atoms with Crippen LogP contribution in [0.3, 0.4) is 0 Å². The Labute approximate surface area is 164 Å². The largest absolute Gasteiger partial charge is 0.373 e. The normalized spacial score (nSPS) is 21.0. The number of amides is 1. The minimum Gasteiger partial charge on any atom is -0.373 e. The van der Waals surface area contributed by atoms with E-state index in [0.29, 0.717) is 29.4 Å². The Bertz CT molecular complexity index is 921. The quantitative estimate of drug-likeness (QED) is 0.841. The summed E-state index contributed by atoms with van der Waals surface area (Å²) in [5.74, 6) is -0.338. The summed E-state index contributed by atoms with van der Waals surface area (Å²) >= 11 is 5.91. The maximum absolute atomic E-state index is 12.8. The molecule has 2 aromatic carbocycles. The van der Waals surface area contributed by atoms with E-state index in [1.807, 2.05) is 13.8 Å². The van der Waals surface area contributed by atoms with Gasteiger partial charge in [0.05, 0.1) is 17.1 Å². The van der Waals surface area contributed by atoms with E-state index in [9.17, 15) is 13.2 Å². The lowest BCUT2D eigenvalue weighted by molar-refractivity contribution is -0.0440. The van der Waals surface area contributed by atoms with Crippen molar-refractivity contribution in [3.8, 4) is 0 Å². The summed E-state index contributed by atoms with van der Waals surface area (Å²) in [6, 6.07) is 12.7. The number of carbonyl (C=O) groups excluding carboxylic acids is 1. The Kier molecular flexibility index (Phi) is 5.86. The first kappa shape index (κ1) is 19.8. The predicted molar refractivity (Wildman–Crippen MR) is 105 cm³/mol. The van der Waals surface area contributed by atoms with Crippen LogP contribution in [0, 0.1) is 0 Å². The predicted octanol–water partition coefficient (Wildman–Crippen LogP) is 3.39. The Morgan fingerprint density at radius 1 is 1.11 bits per heavy atom. The molecule has 1 saturated heterocycles. The smallest absolute Gasteiger partial charge is 0.255 e. The molecule has 0 aliphatic carbocycles. The minimum atomic E-state index is -3.63. The molecule has 27 heavy (non-hydrogen) atoms. The second-order valence-corrected chi connectivity index (χ2v) is 8.94. The molecule has 0 bridgehead atoms. The standard InChI is InChI=1S/C19H21ClN2O4S/c1-13-11-22(12-14(2)26-13)27(24,25)18-8-6-15(7-9-18)19(23)21-17-5-3-4-16(20)10-17/h3-10,13-14H,11-12H2,1-2H3,(H,21,23)/t13-,14-/m1/s1. The Balaban J connectivity index is 1.75. The second kappa shape index (κ2) is 7.98. The number of nitrogens with zero attached hydrogens (tertiary/aromatic N) is 1. The highest BCUT2D eigenvalue weighted by Gasteiger charge is 2.32. The summed E-state index contributed by atoms with van der Waals surface area (Å²) in [4.78, 5) is 12.5. The Morgan fingerprint density at radius 2 is 1.74 bits per heavy atom. The van der Waals surface area contributed by atoms with Crippen molar-refractivity contribution in [2.45, 2.75) is 31.0 Å². The molecule has 3 rings (SSSR count). The average molecular weight is 409 g/mol.